The number of sulfonamides is 1. The normalized spacial score (nSPS) is 16.0. The fourth-order valence-corrected chi connectivity index (χ4v) is 5.12. The highest BCUT2D eigenvalue weighted by atomic mass is 32.2. The first-order valence-electron chi connectivity index (χ1n) is 9.94. The molecule has 27 heavy (non-hydrogen) atoms. The number of benzene rings is 2. The monoisotopic (exact) mass is 386 g/mol. The molecule has 2 aromatic carbocycles. The Hall–Kier alpha value is -1.85. The minimum atomic E-state index is -3.57. The van der Waals surface area contributed by atoms with Crippen molar-refractivity contribution in [3.05, 3.63) is 60.2 Å². The van der Waals surface area contributed by atoms with Crippen molar-refractivity contribution in [3.63, 3.8) is 0 Å². The Morgan fingerprint density at radius 2 is 1.52 bits per heavy atom. The van der Waals surface area contributed by atoms with Crippen LogP contribution < -0.4 is 4.31 Å². The second kappa shape index (κ2) is 9.38. The van der Waals surface area contributed by atoms with Gasteiger partial charge in [-0.05, 0) is 70.1 Å². The van der Waals surface area contributed by atoms with Crippen molar-refractivity contribution in [1.82, 2.24) is 4.90 Å². The number of hydrogen-bond donors (Lipinski definition) is 0. The molecule has 1 aliphatic heterocycles. The van der Waals surface area contributed by atoms with E-state index in [1.807, 2.05) is 49.4 Å². The Morgan fingerprint density at radius 1 is 0.889 bits per heavy atom. The number of nitrogens with zero attached hydrogens (tertiary/aromatic N) is 2. The van der Waals surface area contributed by atoms with E-state index in [0.717, 1.165) is 37.3 Å². The zero-order valence-corrected chi connectivity index (χ0v) is 17.0. The van der Waals surface area contributed by atoms with Gasteiger partial charge >= 0.3 is 0 Å². The molecule has 146 valence electrons. The number of anilines is 1. The van der Waals surface area contributed by atoms with Gasteiger partial charge in [0.25, 0.3) is 10.0 Å². The number of para-hydroxylation sites is 1. The predicted molar refractivity (Wildman–Crippen MR) is 112 cm³/mol. The maximum absolute atomic E-state index is 13.3. The first-order valence-corrected chi connectivity index (χ1v) is 11.4. The molecule has 0 unspecified atom stereocenters. The van der Waals surface area contributed by atoms with Crippen LogP contribution >= 0.6 is 0 Å². The van der Waals surface area contributed by atoms with E-state index in [4.69, 9.17) is 0 Å². The lowest BCUT2D eigenvalue weighted by atomic mass is 10.2. The van der Waals surface area contributed by atoms with E-state index in [0.29, 0.717) is 11.4 Å². The van der Waals surface area contributed by atoms with Gasteiger partial charge in [-0.1, -0.05) is 48.7 Å². The lowest BCUT2D eigenvalue weighted by Crippen LogP contribution is -2.34. The Balaban J connectivity index is 1.76. The van der Waals surface area contributed by atoms with E-state index < -0.39 is 10.0 Å². The first kappa shape index (κ1) is 19.9. The Labute approximate surface area is 163 Å². The number of aryl methyl sites for hydroxylation is 1. The van der Waals surface area contributed by atoms with Crippen molar-refractivity contribution in [1.29, 1.82) is 0 Å². The predicted octanol–water partition coefficient (Wildman–Crippen LogP) is 4.46. The molecule has 4 nitrogen and oxygen atoms in total. The molecule has 1 saturated heterocycles. The van der Waals surface area contributed by atoms with E-state index in [2.05, 4.69) is 4.90 Å². The first-order chi connectivity index (χ1) is 13.1. The molecule has 1 heterocycles. The van der Waals surface area contributed by atoms with Crippen molar-refractivity contribution in [2.24, 2.45) is 0 Å². The number of hydrogen-bond acceptors (Lipinski definition) is 3. The molecule has 5 heteroatoms. The largest absolute Gasteiger partial charge is 0.303 e. The van der Waals surface area contributed by atoms with Gasteiger partial charge in [0.2, 0.25) is 0 Å². The lowest BCUT2D eigenvalue weighted by molar-refractivity contribution is 0.283. The highest BCUT2D eigenvalue weighted by Crippen LogP contribution is 2.24. The average molecular weight is 387 g/mol. The fraction of sp³-hybridized carbons (Fsp3) is 0.455. The molecule has 0 spiro atoms. The zero-order valence-electron chi connectivity index (χ0n) is 16.2. The van der Waals surface area contributed by atoms with Crippen molar-refractivity contribution in [2.45, 2.75) is 43.9 Å². The molecule has 1 fully saturated rings. The van der Waals surface area contributed by atoms with Crippen LogP contribution in [0.5, 0.6) is 0 Å². The van der Waals surface area contributed by atoms with Crippen molar-refractivity contribution in [3.8, 4) is 0 Å². The standard InChI is InChI=1S/C22H30N2O2S/c1-20-12-14-22(15-13-20)27(25,26)24(21-10-5-4-6-11-21)19-9-18-23-16-7-2-3-8-17-23/h4-6,10-15H,2-3,7-9,16-19H2,1H3. The molecular formula is C22H30N2O2S. The molecule has 0 aliphatic carbocycles. The fourth-order valence-electron chi connectivity index (χ4n) is 3.62. The Morgan fingerprint density at radius 3 is 2.15 bits per heavy atom. The summed E-state index contributed by atoms with van der Waals surface area (Å²) in [5.41, 5.74) is 1.79. The van der Waals surface area contributed by atoms with Gasteiger partial charge in [-0.15, -0.1) is 0 Å². The highest BCUT2D eigenvalue weighted by molar-refractivity contribution is 7.92. The van der Waals surface area contributed by atoms with Gasteiger partial charge in [-0.2, -0.15) is 0 Å². The van der Waals surface area contributed by atoms with Gasteiger partial charge < -0.3 is 4.90 Å². The summed E-state index contributed by atoms with van der Waals surface area (Å²) in [6.45, 7) is 5.68. The smallest absolute Gasteiger partial charge is 0.264 e. The van der Waals surface area contributed by atoms with E-state index >= 15 is 0 Å². The molecule has 0 aromatic heterocycles. The Bertz CT molecular complexity index is 796. The Kier molecular flexibility index (Phi) is 6.91. The lowest BCUT2D eigenvalue weighted by Gasteiger charge is -2.26. The van der Waals surface area contributed by atoms with Crippen LogP contribution in [-0.2, 0) is 10.0 Å². The van der Waals surface area contributed by atoms with Crippen LogP contribution in [-0.4, -0.2) is 39.5 Å². The summed E-state index contributed by atoms with van der Waals surface area (Å²) in [4.78, 5) is 2.83. The molecular weight excluding hydrogens is 356 g/mol. The maximum atomic E-state index is 13.3. The molecule has 0 N–H and O–H groups in total. The van der Waals surface area contributed by atoms with Gasteiger partial charge in [0.1, 0.15) is 0 Å². The molecule has 0 amide bonds. The highest BCUT2D eigenvalue weighted by Gasteiger charge is 2.24. The van der Waals surface area contributed by atoms with Crippen LogP contribution in [0.3, 0.4) is 0 Å². The average Bonchev–Trinajstić information content (AvgIpc) is 2.95. The van der Waals surface area contributed by atoms with Crippen LogP contribution in [0.15, 0.2) is 59.5 Å². The number of likely N-dealkylation sites (tertiary alicyclic amines) is 1. The van der Waals surface area contributed by atoms with Crippen LogP contribution in [0.1, 0.15) is 37.7 Å². The summed E-state index contributed by atoms with van der Waals surface area (Å²) >= 11 is 0. The third kappa shape index (κ3) is 5.33. The van der Waals surface area contributed by atoms with Crippen molar-refractivity contribution >= 4 is 15.7 Å². The SMILES string of the molecule is Cc1ccc(S(=O)(=O)N(CCCN2CCCCCC2)c2ccccc2)cc1. The minimum absolute atomic E-state index is 0.353. The van der Waals surface area contributed by atoms with E-state index in [-0.39, 0.29) is 0 Å². The molecule has 0 radical (unpaired) electrons. The van der Waals surface area contributed by atoms with Gasteiger partial charge in [-0.25, -0.2) is 8.42 Å². The van der Waals surface area contributed by atoms with E-state index in [1.54, 1.807) is 16.4 Å². The molecule has 1 aliphatic rings. The molecule has 0 saturated carbocycles. The van der Waals surface area contributed by atoms with Crippen LogP contribution in [0.2, 0.25) is 0 Å². The second-order valence-electron chi connectivity index (χ2n) is 7.34. The molecule has 0 bridgehead atoms. The molecule has 3 rings (SSSR count). The van der Waals surface area contributed by atoms with Crippen LogP contribution in [0, 0.1) is 6.92 Å². The quantitative estimate of drug-likeness (QED) is 0.705. The summed E-state index contributed by atoms with van der Waals surface area (Å²) in [7, 11) is -3.57. The topological polar surface area (TPSA) is 40.6 Å². The summed E-state index contributed by atoms with van der Waals surface area (Å²) in [5, 5.41) is 0. The van der Waals surface area contributed by atoms with Gasteiger partial charge in [0, 0.05) is 6.54 Å². The maximum Gasteiger partial charge on any atom is 0.264 e. The number of rotatable bonds is 7. The van der Waals surface area contributed by atoms with E-state index in [9.17, 15) is 8.42 Å². The van der Waals surface area contributed by atoms with E-state index in [1.165, 1.54) is 25.7 Å². The van der Waals surface area contributed by atoms with Gasteiger partial charge in [0.15, 0.2) is 0 Å². The van der Waals surface area contributed by atoms with Crippen molar-refractivity contribution < 1.29 is 8.42 Å². The molecule has 2 aromatic rings. The summed E-state index contributed by atoms with van der Waals surface area (Å²) in [5.74, 6) is 0. The second-order valence-corrected chi connectivity index (χ2v) is 9.20. The third-order valence-electron chi connectivity index (χ3n) is 5.19. The van der Waals surface area contributed by atoms with Gasteiger partial charge in [0.05, 0.1) is 10.6 Å². The van der Waals surface area contributed by atoms with Crippen molar-refractivity contribution in [2.75, 3.05) is 30.5 Å². The summed E-state index contributed by atoms with van der Waals surface area (Å²) in [6.07, 6.45) is 5.97. The zero-order chi connectivity index (χ0) is 19.1. The molecule has 0 atom stereocenters. The van der Waals surface area contributed by atoms with Gasteiger partial charge in [-0.3, -0.25) is 4.31 Å². The minimum Gasteiger partial charge on any atom is -0.303 e. The van der Waals surface area contributed by atoms with Crippen LogP contribution in [0.25, 0.3) is 0 Å². The third-order valence-corrected chi connectivity index (χ3v) is 7.03. The summed E-state index contributed by atoms with van der Waals surface area (Å²) in [6, 6.07) is 16.6. The van der Waals surface area contributed by atoms with Crippen LogP contribution in [0.4, 0.5) is 5.69 Å². The summed E-state index contributed by atoms with van der Waals surface area (Å²) < 4.78 is 28.2.